The topological polar surface area (TPSA) is 115 Å². The van der Waals surface area contributed by atoms with Gasteiger partial charge in [0.05, 0.1) is 0 Å². The zero-order valence-corrected chi connectivity index (χ0v) is 16.9. The van der Waals surface area contributed by atoms with Gasteiger partial charge in [-0.3, -0.25) is 0 Å². The summed E-state index contributed by atoms with van der Waals surface area (Å²) < 4.78 is 48.7. The van der Waals surface area contributed by atoms with Gasteiger partial charge in [0.1, 0.15) is 5.92 Å². The molecular formula is C19H21Cl2NO6. The van der Waals surface area contributed by atoms with Crippen molar-refractivity contribution in [1.29, 1.82) is 0 Å². The predicted octanol–water partition coefficient (Wildman–Crippen LogP) is -1.36. The molecule has 0 radical (unpaired) electrons. The molecule has 0 saturated carbocycles. The zero-order chi connectivity index (χ0) is 20.5. The molecule has 5 rings (SSSR count). The molecule has 152 valence electrons. The van der Waals surface area contributed by atoms with Crippen molar-refractivity contribution in [3.05, 3.63) is 65.5 Å². The van der Waals surface area contributed by atoms with Gasteiger partial charge in [0.25, 0.3) is 0 Å². The van der Waals surface area contributed by atoms with Crippen LogP contribution in [0.25, 0.3) is 0 Å². The Labute approximate surface area is 170 Å². The number of aromatic nitrogens is 1. The first-order valence-corrected chi connectivity index (χ1v) is 10.5. The van der Waals surface area contributed by atoms with Crippen molar-refractivity contribution in [3.63, 3.8) is 0 Å². The van der Waals surface area contributed by atoms with E-state index in [-0.39, 0.29) is 17.3 Å². The van der Waals surface area contributed by atoms with Crippen LogP contribution in [-0.2, 0) is 9.47 Å². The highest BCUT2D eigenvalue weighted by Gasteiger charge is 2.65. The molecule has 2 aromatic rings. The van der Waals surface area contributed by atoms with Gasteiger partial charge < -0.3 is 9.47 Å². The fourth-order valence-electron chi connectivity index (χ4n) is 4.24. The molecule has 2 aliphatic heterocycles. The number of halogens is 2. The Bertz CT molecular complexity index is 769. The van der Waals surface area contributed by atoms with Gasteiger partial charge in [-0.15, -0.1) is 21.8 Å². The summed E-state index contributed by atoms with van der Waals surface area (Å²) >= 11 is 6.98. The molecule has 1 aromatic carbocycles. The van der Waals surface area contributed by atoms with Crippen LogP contribution in [0.3, 0.4) is 0 Å². The van der Waals surface area contributed by atoms with E-state index in [9.17, 15) is 0 Å². The van der Waals surface area contributed by atoms with E-state index in [4.69, 9.17) is 39.7 Å². The second kappa shape index (κ2) is 8.22. The second-order valence-electron chi connectivity index (χ2n) is 6.41. The Balaban J connectivity index is 0.000000403. The van der Waals surface area contributed by atoms with Crippen LogP contribution in [0, 0.1) is 10.2 Å². The second-order valence-corrected chi connectivity index (χ2v) is 7.63. The van der Waals surface area contributed by atoms with Crippen molar-refractivity contribution in [1.82, 2.24) is 0 Å². The summed E-state index contributed by atoms with van der Waals surface area (Å²) in [7, 11) is -4.94. The van der Waals surface area contributed by atoms with Crippen molar-refractivity contribution >= 4 is 11.6 Å². The number of fused-ring (bicyclic) bond motifs is 1. The molecule has 0 saturated heterocycles. The first-order chi connectivity index (χ1) is 13.2. The standard InChI is InChI=1S/C19H21ClNO2.ClHO4/c1-3-22-19(23-4-2)16-13-9-5-6-10-14(13)17(18(19)20)21-12-8-7-11-15(16)21;2-1(3,4)5/h5-12,16-18H,3-4H2,1-2H3;(H,2,3,4,5)/q+1;/p-1. The van der Waals surface area contributed by atoms with Crippen molar-refractivity contribution in [3.8, 4) is 0 Å². The van der Waals surface area contributed by atoms with Crippen LogP contribution in [0.5, 0.6) is 0 Å². The number of ether oxygens (including phenoxy) is 2. The third-order valence-corrected chi connectivity index (χ3v) is 5.49. The summed E-state index contributed by atoms with van der Waals surface area (Å²) in [6.45, 7) is 5.14. The minimum Gasteiger partial charge on any atom is -0.347 e. The van der Waals surface area contributed by atoms with Crippen LogP contribution in [0.1, 0.15) is 42.6 Å². The third-order valence-electron chi connectivity index (χ3n) is 4.95. The summed E-state index contributed by atoms with van der Waals surface area (Å²) in [5, 5.41) is -0.276. The van der Waals surface area contributed by atoms with E-state index < -0.39 is 16.0 Å². The molecule has 3 heterocycles. The summed E-state index contributed by atoms with van der Waals surface area (Å²) in [5.74, 6) is -0.835. The van der Waals surface area contributed by atoms with Crippen LogP contribution in [-0.4, -0.2) is 24.4 Å². The van der Waals surface area contributed by atoms with Gasteiger partial charge in [-0.25, -0.2) is 18.6 Å². The van der Waals surface area contributed by atoms with E-state index in [0.29, 0.717) is 13.2 Å². The number of pyridine rings is 1. The summed E-state index contributed by atoms with van der Waals surface area (Å²) in [6, 6.07) is 14.8. The molecule has 7 nitrogen and oxygen atoms in total. The first kappa shape index (κ1) is 21.4. The predicted molar refractivity (Wildman–Crippen MR) is 88.7 cm³/mol. The van der Waals surface area contributed by atoms with E-state index in [0.717, 1.165) is 0 Å². The lowest BCUT2D eigenvalue weighted by Gasteiger charge is -2.50. The molecule has 3 unspecified atom stereocenters. The van der Waals surface area contributed by atoms with Crippen LogP contribution in [0.4, 0.5) is 0 Å². The summed E-state index contributed by atoms with van der Waals surface area (Å²) in [5.41, 5.74) is 3.74. The normalized spacial score (nSPS) is 24.0. The lowest BCUT2D eigenvalue weighted by atomic mass is 9.69. The molecule has 0 spiro atoms. The van der Waals surface area contributed by atoms with Crippen LogP contribution >= 0.6 is 11.6 Å². The van der Waals surface area contributed by atoms with Crippen LogP contribution in [0.2, 0.25) is 0 Å². The SMILES string of the molecule is CCOC1(OCC)C2c3ccccc3C(C1Cl)[n+]1ccccc12.[O-][Cl+3]([O-])([O-])[O-]. The van der Waals surface area contributed by atoms with Crippen LogP contribution in [0.15, 0.2) is 48.7 Å². The maximum atomic E-state index is 8.49. The van der Waals surface area contributed by atoms with E-state index >= 15 is 0 Å². The Morgan fingerprint density at radius 1 is 0.964 bits per heavy atom. The molecule has 1 aliphatic carbocycles. The molecule has 9 heteroatoms. The molecule has 2 bridgehead atoms. The highest BCUT2D eigenvalue weighted by atomic mass is 35.7. The number of hydrogen-bond donors (Lipinski definition) is 0. The molecule has 3 aliphatic rings. The van der Waals surface area contributed by atoms with Crippen molar-refractivity contribution in [2.75, 3.05) is 13.2 Å². The number of benzene rings is 1. The molecule has 0 N–H and O–H groups in total. The molecule has 3 atom stereocenters. The quantitative estimate of drug-likeness (QED) is 0.336. The number of alkyl halides is 1. The summed E-state index contributed by atoms with van der Waals surface area (Å²) in [4.78, 5) is 0. The van der Waals surface area contributed by atoms with Gasteiger partial charge >= 0.3 is 0 Å². The maximum Gasteiger partial charge on any atom is 0.208 e. The molecule has 0 fully saturated rings. The number of rotatable bonds is 4. The fraction of sp³-hybridized carbons (Fsp3) is 0.421. The lowest BCUT2D eigenvalue weighted by Crippen LogP contribution is -2.69. The molecule has 28 heavy (non-hydrogen) atoms. The average molecular weight is 430 g/mol. The summed E-state index contributed by atoms with van der Waals surface area (Å²) in [6.07, 6.45) is 2.11. The average Bonchev–Trinajstić information content (AvgIpc) is 2.63. The smallest absolute Gasteiger partial charge is 0.208 e. The highest BCUT2D eigenvalue weighted by molar-refractivity contribution is 6.22. The van der Waals surface area contributed by atoms with Gasteiger partial charge in [-0.2, -0.15) is 4.57 Å². The molecular weight excluding hydrogens is 409 g/mol. The minimum absolute atomic E-state index is 0.0205. The lowest BCUT2D eigenvalue weighted by molar-refractivity contribution is -2.00. The Hall–Kier alpha value is -1.29. The Morgan fingerprint density at radius 2 is 1.50 bits per heavy atom. The molecule has 1 aromatic heterocycles. The van der Waals surface area contributed by atoms with Crippen molar-refractivity contribution in [2.24, 2.45) is 0 Å². The van der Waals surface area contributed by atoms with Crippen molar-refractivity contribution < 1.29 is 42.9 Å². The number of nitrogens with zero attached hydrogens (tertiary/aromatic N) is 1. The fourth-order valence-corrected chi connectivity index (χ4v) is 4.75. The van der Waals surface area contributed by atoms with Gasteiger partial charge in [-0.05, 0) is 19.4 Å². The van der Waals surface area contributed by atoms with Gasteiger partial charge in [0, 0.05) is 30.9 Å². The first-order valence-electron chi connectivity index (χ1n) is 8.87. The van der Waals surface area contributed by atoms with E-state index in [1.165, 1.54) is 16.8 Å². The van der Waals surface area contributed by atoms with Gasteiger partial charge in [0.15, 0.2) is 17.3 Å². The Kier molecular flexibility index (Phi) is 6.29. The van der Waals surface area contributed by atoms with Crippen molar-refractivity contribution in [2.45, 2.75) is 37.0 Å². The van der Waals surface area contributed by atoms with E-state index in [2.05, 4.69) is 53.2 Å². The zero-order valence-electron chi connectivity index (χ0n) is 15.4. The Morgan fingerprint density at radius 3 is 2.07 bits per heavy atom. The number of hydrogen-bond acceptors (Lipinski definition) is 6. The van der Waals surface area contributed by atoms with E-state index in [1.807, 2.05) is 13.8 Å². The monoisotopic (exact) mass is 429 g/mol. The molecule has 0 amide bonds. The third kappa shape index (κ3) is 3.77. The van der Waals surface area contributed by atoms with Crippen LogP contribution < -0.4 is 23.2 Å². The largest absolute Gasteiger partial charge is 0.347 e. The van der Waals surface area contributed by atoms with Gasteiger partial charge in [-0.1, -0.05) is 30.3 Å². The van der Waals surface area contributed by atoms with E-state index in [1.54, 1.807) is 0 Å². The highest BCUT2D eigenvalue weighted by Crippen LogP contribution is 2.54. The maximum absolute atomic E-state index is 8.49. The van der Waals surface area contributed by atoms with Gasteiger partial charge in [0.2, 0.25) is 11.8 Å². The minimum atomic E-state index is -4.94.